The summed E-state index contributed by atoms with van der Waals surface area (Å²) in [5.74, 6) is -1.10. The van der Waals surface area contributed by atoms with E-state index in [2.05, 4.69) is 19.9 Å². The van der Waals surface area contributed by atoms with Crippen LogP contribution in [0.2, 0.25) is 0 Å². The Morgan fingerprint density at radius 1 is 1.14 bits per heavy atom. The van der Waals surface area contributed by atoms with Crippen LogP contribution in [0.3, 0.4) is 0 Å². The van der Waals surface area contributed by atoms with Crippen LogP contribution >= 0.6 is 0 Å². The van der Waals surface area contributed by atoms with Gasteiger partial charge in [0.05, 0.1) is 11.8 Å². The van der Waals surface area contributed by atoms with Crippen molar-refractivity contribution in [2.24, 2.45) is 29.6 Å². The van der Waals surface area contributed by atoms with E-state index in [0.29, 0.717) is 5.92 Å². The molecule has 5 heteroatoms. The molecule has 1 saturated heterocycles. The van der Waals surface area contributed by atoms with Crippen molar-refractivity contribution in [3.63, 3.8) is 0 Å². The number of likely N-dealkylation sites (tertiary alicyclic amines) is 1. The summed E-state index contributed by atoms with van der Waals surface area (Å²) in [6.45, 7) is 8.28. The van der Waals surface area contributed by atoms with Gasteiger partial charge in [0.25, 0.3) is 0 Å². The number of allylic oxidation sites excluding steroid dienone is 2. The molecule has 5 nitrogen and oxygen atoms in total. The first kappa shape index (κ1) is 20.3. The van der Waals surface area contributed by atoms with Crippen molar-refractivity contribution >= 4 is 17.9 Å². The van der Waals surface area contributed by atoms with E-state index in [0.717, 1.165) is 28.9 Å². The van der Waals surface area contributed by atoms with Gasteiger partial charge in [0.1, 0.15) is 6.61 Å². The number of rotatable bonds is 5. The molecule has 1 aliphatic carbocycles. The zero-order valence-electron chi connectivity index (χ0n) is 17.1. The van der Waals surface area contributed by atoms with Gasteiger partial charge in [-0.15, -0.1) is 0 Å². The molecule has 3 amide bonds. The highest BCUT2D eigenvalue weighted by molar-refractivity contribution is 6.16. The lowest BCUT2D eigenvalue weighted by atomic mass is 9.85. The molecule has 0 N–H and O–H groups in total. The van der Waals surface area contributed by atoms with Crippen molar-refractivity contribution in [1.29, 1.82) is 0 Å². The van der Waals surface area contributed by atoms with Crippen LogP contribution in [0.5, 0.6) is 0 Å². The van der Waals surface area contributed by atoms with E-state index in [1.165, 1.54) is 0 Å². The number of carbonyl (C=O) groups is 3. The molecule has 0 radical (unpaired) electrons. The third kappa shape index (κ3) is 4.03. The lowest BCUT2D eigenvalue weighted by Gasteiger charge is -2.20. The maximum absolute atomic E-state index is 13.1. The molecule has 0 spiro atoms. The highest BCUT2D eigenvalue weighted by Gasteiger charge is 2.59. The van der Waals surface area contributed by atoms with Crippen LogP contribution < -0.4 is 0 Å². The molecule has 150 valence electrons. The molecule has 4 unspecified atom stereocenters. The summed E-state index contributed by atoms with van der Waals surface area (Å²) in [5.41, 5.74) is 1.94. The number of ether oxygens (including phenoxy) is 1. The molecule has 4 atom stereocenters. The maximum atomic E-state index is 13.1. The topological polar surface area (TPSA) is 63.7 Å². The Labute approximate surface area is 166 Å². The summed E-state index contributed by atoms with van der Waals surface area (Å²) in [7, 11) is 0. The SMILES string of the molecule is CC(C)=CC1CC(CC(C)C)C2C(=O)N(C(=O)OCc3ccccc3)C(=O)C12. The van der Waals surface area contributed by atoms with Crippen LogP contribution in [-0.4, -0.2) is 22.8 Å². The molecule has 0 aromatic heterocycles. The van der Waals surface area contributed by atoms with Crippen LogP contribution in [0.1, 0.15) is 46.1 Å². The van der Waals surface area contributed by atoms with Gasteiger partial charge in [0.15, 0.2) is 0 Å². The van der Waals surface area contributed by atoms with Crippen molar-refractivity contribution in [3.05, 3.63) is 47.5 Å². The minimum absolute atomic E-state index is 0.00197. The fourth-order valence-electron chi connectivity index (χ4n) is 4.71. The highest BCUT2D eigenvalue weighted by Crippen LogP contribution is 2.50. The van der Waals surface area contributed by atoms with E-state index in [4.69, 9.17) is 4.74 Å². The average Bonchev–Trinajstić information content (AvgIpc) is 3.09. The van der Waals surface area contributed by atoms with Crippen LogP contribution in [0.15, 0.2) is 42.0 Å². The first-order valence-electron chi connectivity index (χ1n) is 10.0. The highest BCUT2D eigenvalue weighted by atomic mass is 16.6. The molecule has 1 saturated carbocycles. The van der Waals surface area contributed by atoms with Gasteiger partial charge in [0, 0.05) is 0 Å². The molecular weight excluding hydrogens is 354 g/mol. The van der Waals surface area contributed by atoms with E-state index < -0.39 is 23.8 Å². The zero-order chi connectivity index (χ0) is 20.4. The monoisotopic (exact) mass is 383 g/mol. The molecule has 2 aliphatic rings. The molecule has 1 heterocycles. The van der Waals surface area contributed by atoms with Crippen molar-refractivity contribution in [2.45, 2.75) is 47.1 Å². The Morgan fingerprint density at radius 3 is 2.39 bits per heavy atom. The fourth-order valence-corrected chi connectivity index (χ4v) is 4.71. The first-order chi connectivity index (χ1) is 13.3. The lowest BCUT2D eigenvalue weighted by Crippen LogP contribution is -2.39. The second-order valence-electron chi connectivity index (χ2n) is 8.64. The number of nitrogens with zero attached hydrogens (tertiary/aromatic N) is 1. The summed E-state index contributed by atoms with van der Waals surface area (Å²) < 4.78 is 5.28. The van der Waals surface area contributed by atoms with Gasteiger partial charge < -0.3 is 4.74 Å². The largest absolute Gasteiger partial charge is 0.444 e. The Bertz CT molecular complexity index is 779. The molecule has 1 aliphatic heterocycles. The smallest absolute Gasteiger partial charge is 0.423 e. The average molecular weight is 383 g/mol. The number of benzene rings is 1. The third-order valence-corrected chi connectivity index (χ3v) is 5.65. The van der Waals surface area contributed by atoms with Crippen molar-refractivity contribution in [3.8, 4) is 0 Å². The Kier molecular flexibility index (Phi) is 6.01. The molecule has 1 aromatic rings. The molecular formula is C23H29NO4. The van der Waals surface area contributed by atoms with E-state index in [1.54, 1.807) is 0 Å². The van der Waals surface area contributed by atoms with Gasteiger partial charge in [-0.3, -0.25) is 9.59 Å². The number of amides is 3. The Hall–Kier alpha value is -2.43. The summed E-state index contributed by atoms with van der Waals surface area (Å²) >= 11 is 0. The Morgan fingerprint density at radius 2 is 1.79 bits per heavy atom. The molecule has 0 bridgehead atoms. The number of fused-ring (bicyclic) bond motifs is 1. The standard InChI is InChI=1S/C23H29NO4/c1-14(2)10-17-12-18(11-15(3)4)20-19(17)21(25)24(22(20)26)23(27)28-13-16-8-6-5-7-9-16/h5-10,15,17-20H,11-13H2,1-4H3. The Balaban J connectivity index is 1.79. The third-order valence-electron chi connectivity index (χ3n) is 5.65. The number of imide groups is 3. The molecule has 2 fully saturated rings. The number of hydrogen-bond acceptors (Lipinski definition) is 4. The second-order valence-corrected chi connectivity index (χ2v) is 8.64. The van der Waals surface area contributed by atoms with Gasteiger partial charge >= 0.3 is 6.09 Å². The van der Waals surface area contributed by atoms with Gasteiger partial charge in [-0.25, -0.2) is 4.79 Å². The summed E-state index contributed by atoms with van der Waals surface area (Å²) in [4.78, 5) is 39.4. The molecule has 1 aromatic carbocycles. The van der Waals surface area contributed by atoms with Gasteiger partial charge in [0.2, 0.25) is 11.8 Å². The van der Waals surface area contributed by atoms with Crippen LogP contribution in [-0.2, 0) is 20.9 Å². The van der Waals surface area contributed by atoms with Crippen LogP contribution in [0, 0.1) is 29.6 Å². The quantitative estimate of drug-likeness (QED) is 0.552. The van der Waals surface area contributed by atoms with Crippen LogP contribution in [0.4, 0.5) is 4.79 Å². The van der Waals surface area contributed by atoms with Gasteiger partial charge in [-0.05, 0) is 50.0 Å². The molecule has 3 rings (SSSR count). The summed E-state index contributed by atoms with van der Waals surface area (Å²) in [6, 6.07) is 9.23. The van der Waals surface area contributed by atoms with Gasteiger partial charge in [-0.2, -0.15) is 4.90 Å². The minimum atomic E-state index is -0.854. The van der Waals surface area contributed by atoms with E-state index in [9.17, 15) is 14.4 Å². The number of carbonyl (C=O) groups excluding carboxylic acids is 3. The lowest BCUT2D eigenvalue weighted by molar-refractivity contribution is -0.138. The van der Waals surface area contributed by atoms with Gasteiger partial charge in [-0.1, -0.05) is 55.8 Å². The maximum Gasteiger partial charge on any atom is 0.423 e. The van der Waals surface area contributed by atoms with E-state index in [1.807, 2.05) is 44.2 Å². The van der Waals surface area contributed by atoms with E-state index >= 15 is 0 Å². The van der Waals surface area contributed by atoms with Crippen molar-refractivity contribution in [2.75, 3.05) is 0 Å². The van der Waals surface area contributed by atoms with Crippen molar-refractivity contribution in [1.82, 2.24) is 4.90 Å². The summed E-state index contributed by atoms with van der Waals surface area (Å²) in [5, 5.41) is 0. The minimum Gasteiger partial charge on any atom is -0.444 e. The normalized spacial score (nSPS) is 26.5. The predicted molar refractivity (Wildman–Crippen MR) is 106 cm³/mol. The summed E-state index contributed by atoms with van der Waals surface area (Å²) in [6.07, 6.45) is 2.93. The molecule has 28 heavy (non-hydrogen) atoms. The fraction of sp³-hybridized carbons (Fsp3) is 0.522. The zero-order valence-corrected chi connectivity index (χ0v) is 17.1. The van der Waals surface area contributed by atoms with Crippen molar-refractivity contribution < 1.29 is 19.1 Å². The first-order valence-corrected chi connectivity index (χ1v) is 10.0. The van der Waals surface area contributed by atoms with Crippen LogP contribution in [0.25, 0.3) is 0 Å². The predicted octanol–water partition coefficient (Wildman–Crippen LogP) is 4.57. The number of hydrogen-bond donors (Lipinski definition) is 0. The second kappa shape index (κ2) is 8.29. The van der Waals surface area contributed by atoms with E-state index in [-0.39, 0.29) is 24.3 Å².